The summed E-state index contributed by atoms with van der Waals surface area (Å²) in [7, 11) is 0. The van der Waals surface area contributed by atoms with Crippen LogP contribution in [0.2, 0.25) is 0 Å². The van der Waals surface area contributed by atoms with E-state index in [0.717, 1.165) is 4.68 Å². The number of carbonyl (C=O) groups is 2. The Hall–Kier alpha value is -1.98. The molecule has 0 saturated heterocycles. The van der Waals surface area contributed by atoms with Gasteiger partial charge in [-0.15, -0.1) is 4.91 Å². The summed E-state index contributed by atoms with van der Waals surface area (Å²) in [6.07, 6.45) is 0.493. The lowest BCUT2D eigenvalue weighted by Crippen LogP contribution is -2.07. The molecule has 0 aliphatic rings. The first kappa shape index (κ1) is 12.1. The molecule has 1 heterocycles. The summed E-state index contributed by atoms with van der Waals surface area (Å²) in [6, 6.07) is 0. The summed E-state index contributed by atoms with van der Waals surface area (Å²) in [6.45, 7) is 5.02. The van der Waals surface area contributed by atoms with Crippen molar-refractivity contribution in [3.05, 3.63) is 27.4 Å². The van der Waals surface area contributed by atoms with E-state index in [9.17, 15) is 14.5 Å². The highest BCUT2D eigenvalue weighted by Crippen LogP contribution is 2.21. The molecule has 0 aliphatic heterocycles. The van der Waals surface area contributed by atoms with Crippen LogP contribution < -0.4 is 0 Å². The van der Waals surface area contributed by atoms with E-state index < -0.39 is 5.97 Å². The second-order valence-corrected chi connectivity index (χ2v) is 3.20. The average Bonchev–Trinajstić information content (AvgIpc) is 2.49. The van der Waals surface area contributed by atoms with Gasteiger partial charge in [-0.3, -0.25) is 4.79 Å². The van der Waals surface area contributed by atoms with Crippen LogP contribution in [0.1, 0.15) is 39.0 Å². The number of ether oxygens (including phenoxy) is 1. The molecular formula is C10H12N2O4. The second-order valence-electron chi connectivity index (χ2n) is 3.20. The van der Waals surface area contributed by atoms with E-state index in [1.54, 1.807) is 13.8 Å². The number of rotatable bonds is 4. The van der Waals surface area contributed by atoms with Crippen LogP contribution in [0.25, 0.3) is 0 Å². The third-order valence-corrected chi connectivity index (χ3v) is 2.34. The lowest BCUT2D eigenvalue weighted by atomic mass is 10.1. The van der Waals surface area contributed by atoms with Gasteiger partial charge in [-0.05, 0) is 26.3 Å². The van der Waals surface area contributed by atoms with Crippen LogP contribution in [0.4, 0.5) is 0 Å². The summed E-state index contributed by atoms with van der Waals surface area (Å²) < 4.78 is 5.73. The molecular weight excluding hydrogens is 212 g/mol. The third-order valence-electron chi connectivity index (χ3n) is 2.34. The van der Waals surface area contributed by atoms with Gasteiger partial charge >= 0.3 is 5.97 Å². The highest BCUT2D eigenvalue weighted by molar-refractivity contribution is 5.95. The van der Waals surface area contributed by atoms with Crippen molar-refractivity contribution in [2.24, 2.45) is 5.29 Å². The molecule has 0 spiro atoms. The SMILES string of the molecule is CCOC(=O)c1c(C)c(C=O)n(N=O)c1C. The summed E-state index contributed by atoms with van der Waals surface area (Å²) in [5.41, 5.74) is 1.03. The van der Waals surface area contributed by atoms with E-state index in [1.165, 1.54) is 6.92 Å². The second kappa shape index (κ2) is 4.69. The Morgan fingerprint density at radius 3 is 2.50 bits per heavy atom. The monoisotopic (exact) mass is 224 g/mol. The van der Waals surface area contributed by atoms with E-state index in [-0.39, 0.29) is 17.9 Å². The molecule has 0 fully saturated rings. The third kappa shape index (κ3) is 1.73. The molecule has 0 N–H and O–H groups in total. The first-order valence-electron chi connectivity index (χ1n) is 4.76. The minimum absolute atomic E-state index is 0.0792. The fourth-order valence-electron chi connectivity index (χ4n) is 1.59. The molecule has 16 heavy (non-hydrogen) atoms. The molecule has 0 radical (unpaired) electrons. The highest BCUT2D eigenvalue weighted by Gasteiger charge is 2.23. The summed E-state index contributed by atoms with van der Waals surface area (Å²) >= 11 is 0. The van der Waals surface area contributed by atoms with Crippen molar-refractivity contribution in [1.29, 1.82) is 0 Å². The smallest absolute Gasteiger partial charge is 0.340 e. The standard InChI is InChI=1S/C10H12N2O4/c1-4-16-10(14)9-6(2)8(5-13)12(11-15)7(9)3/h5H,4H2,1-3H3. The molecule has 0 saturated carbocycles. The van der Waals surface area contributed by atoms with Crippen LogP contribution in [-0.4, -0.2) is 23.5 Å². The molecule has 0 amide bonds. The first-order chi connectivity index (χ1) is 7.58. The normalized spacial score (nSPS) is 9.94. The molecule has 0 bridgehead atoms. The number of aldehydes is 1. The first-order valence-corrected chi connectivity index (χ1v) is 4.76. The van der Waals surface area contributed by atoms with Gasteiger partial charge in [0.05, 0.1) is 23.2 Å². The zero-order chi connectivity index (χ0) is 12.3. The van der Waals surface area contributed by atoms with Gasteiger partial charge in [0.15, 0.2) is 6.29 Å². The number of hydrogen-bond acceptors (Lipinski definition) is 5. The number of aromatic nitrogens is 1. The maximum atomic E-state index is 11.6. The number of carbonyl (C=O) groups excluding carboxylic acids is 2. The van der Waals surface area contributed by atoms with Crippen molar-refractivity contribution < 1.29 is 14.3 Å². The number of nitrogens with zero attached hydrogens (tertiary/aromatic N) is 2. The van der Waals surface area contributed by atoms with Gasteiger partial charge in [0.2, 0.25) is 0 Å². The summed E-state index contributed by atoms with van der Waals surface area (Å²) in [5.74, 6) is -0.553. The van der Waals surface area contributed by atoms with Gasteiger partial charge in [0, 0.05) is 0 Å². The summed E-state index contributed by atoms with van der Waals surface area (Å²) in [5, 5.41) is 2.69. The Kier molecular flexibility index (Phi) is 3.55. The highest BCUT2D eigenvalue weighted by atomic mass is 16.5. The van der Waals surface area contributed by atoms with E-state index in [0.29, 0.717) is 17.5 Å². The Labute approximate surface area is 92.1 Å². The molecule has 6 nitrogen and oxygen atoms in total. The van der Waals surface area contributed by atoms with Crippen molar-refractivity contribution in [2.75, 3.05) is 6.61 Å². The van der Waals surface area contributed by atoms with Gasteiger partial charge < -0.3 is 4.74 Å². The predicted octanol–water partition coefficient (Wildman–Crippen LogP) is 1.62. The van der Waals surface area contributed by atoms with Gasteiger partial charge in [-0.25, -0.2) is 4.79 Å². The van der Waals surface area contributed by atoms with Crippen LogP contribution in [-0.2, 0) is 4.74 Å². The number of nitroso groups, excluding NO2 is 1. The van der Waals surface area contributed by atoms with Crippen LogP contribution in [0.15, 0.2) is 5.29 Å². The molecule has 0 atom stereocenters. The average molecular weight is 224 g/mol. The maximum Gasteiger partial charge on any atom is 0.340 e. The van der Waals surface area contributed by atoms with Crippen molar-refractivity contribution in [3.8, 4) is 0 Å². The number of esters is 1. The van der Waals surface area contributed by atoms with Gasteiger partial charge in [-0.1, -0.05) is 0 Å². The molecule has 0 aliphatic carbocycles. The van der Waals surface area contributed by atoms with Gasteiger partial charge in [-0.2, -0.15) is 4.68 Å². The van der Waals surface area contributed by atoms with Crippen molar-refractivity contribution in [3.63, 3.8) is 0 Å². The molecule has 1 aromatic rings. The topological polar surface area (TPSA) is 77.7 Å². The molecule has 86 valence electrons. The zero-order valence-corrected chi connectivity index (χ0v) is 9.31. The minimum Gasteiger partial charge on any atom is -0.462 e. The van der Waals surface area contributed by atoms with E-state index in [2.05, 4.69) is 5.29 Å². The van der Waals surface area contributed by atoms with E-state index in [4.69, 9.17) is 4.74 Å². The fourth-order valence-corrected chi connectivity index (χ4v) is 1.59. The van der Waals surface area contributed by atoms with E-state index in [1.807, 2.05) is 0 Å². The Morgan fingerprint density at radius 2 is 2.12 bits per heavy atom. The molecule has 1 rings (SSSR count). The quantitative estimate of drug-likeness (QED) is 0.442. The van der Waals surface area contributed by atoms with Crippen molar-refractivity contribution >= 4 is 12.3 Å². The fraction of sp³-hybridized carbons (Fsp3) is 0.400. The minimum atomic E-state index is -0.553. The van der Waals surface area contributed by atoms with Gasteiger partial charge in [0.1, 0.15) is 5.69 Å². The van der Waals surface area contributed by atoms with E-state index >= 15 is 0 Å². The number of hydrogen-bond donors (Lipinski definition) is 0. The van der Waals surface area contributed by atoms with Gasteiger partial charge in [0.25, 0.3) is 0 Å². The van der Waals surface area contributed by atoms with Crippen LogP contribution in [0, 0.1) is 18.8 Å². The van der Waals surface area contributed by atoms with Crippen LogP contribution in [0.3, 0.4) is 0 Å². The molecule has 0 aromatic carbocycles. The maximum absolute atomic E-state index is 11.6. The van der Waals surface area contributed by atoms with Crippen LogP contribution in [0.5, 0.6) is 0 Å². The lowest BCUT2D eigenvalue weighted by Gasteiger charge is -2.01. The molecule has 6 heteroatoms. The Morgan fingerprint density at radius 1 is 1.50 bits per heavy atom. The van der Waals surface area contributed by atoms with Crippen LogP contribution >= 0.6 is 0 Å². The molecule has 1 aromatic heterocycles. The van der Waals surface area contributed by atoms with Crippen molar-refractivity contribution in [1.82, 2.24) is 4.68 Å². The lowest BCUT2D eigenvalue weighted by molar-refractivity contribution is 0.0524. The Bertz CT molecular complexity index is 417. The zero-order valence-electron chi connectivity index (χ0n) is 9.31. The molecule has 0 unspecified atom stereocenters. The Balaban J connectivity index is 3.40. The summed E-state index contributed by atoms with van der Waals surface area (Å²) in [4.78, 5) is 32.9. The predicted molar refractivity (Wildman–Crippen MR) is 56.4 cm³/mol. The van der Waals surface area contributed by atoms with Crippen molar-refractivity contribution in [2.45, 2.75) is 20.8 Å². The largest absolute Gasteiger partial charge is 0.462 e.